The third-order valence-electron chi connectivity index (χ3n) is 3.22. The highest BCUT2D eigenvalue weighted by atomic mass is 32.1. The van der Waals surface area contributed by atoms with Crippen LogP contribution in [0.15, 0.2) is 40.8 Å². The number of anilines is 1. The lowest BCUT2D eigenvalue weighted by Crippen LogP contribution is -2.21. The van der Waals surface area contributed by atoms with Gasteiger partial charge in [-0.1, -0.05) is 6.07 Å². The lowest BCUT2D eigenvalue weighted by Gasteiger charge is -2.09. The Morgan fingerprint density at radius 2 is 2.14 bits per heavy atom. The summed E-state index contributed by atoms with van der Waals surface area (Å²) >= 11 is 1.42. The van der Waals surface area contributed by atoms with Crippen molar-refractivity contribution in [3.8, 4) is 0 Å². The Balaban J connectivity index is 2.00. The summed E-state index contributed by atoms with van der Waals surface area (Å²) < 4.78 is 1.49. The minimum Gasteiger partial charge on any atom is -0.398 e. The number of rotatable bonds is 3. The number of benzene rings is 1. The van der Waals surface area contributed by atoms with E-state index in [1.54, 1.807) is 18.2 Å². The number of carbonyl (C=O) groups excluding carboxylic acids is 1. The van der Waals surface area contributed by atoms with Crippen molar-refractivity contribution in [3.05, 3.63) is 57.5 Å². The maximum Gasteiger partial charge on any atom is 0.262 e. The molecule has 0 aliphatic heterocycles. The van der Waals surface area contributed by atoms with Gasteiger partial charge in [-0.25, -0.2) is 4.98 Å². The molecule has 0 aliphatic rings. The molecule has 0 fully saturated rings. The molecule has 106 valence electrons. The van der Waals surface area contributed by atoms with Crippen LogP contribution in [0.3, 0.4) is 0 Å². The molecule has 3 aromatic rings. The van der Waals surface area contributed by atoms with Crippen molar-refractivity contribution in [2.75, 3.05) is 5.73 Å². The molecule has 1 aromatic carbocycles. The zero-order valence-corrected chi connectivity index (χ0v) is 11.8. The second-order valence-corrected chi connectivity index (χ2v) is 5.49. The highest BCUT2D eigenvalue weighted by Crippen LogP contribution is 2.17. The topological polar surface area (TPSA) is 104 Å². The molecule has 0 saturated heterocycles. The highest BCUT2D eigenvalue weighted by molar-refractivity contribution is 7.16. The van der Waals surface area contributed by atoms with Gasteiger partial charge in [0.15, 0.2) is 0 Å². The molecule has 0 radical (unpaired) electrons. The molecule has 6 nitrogen and oxygen atoms in total. The molecule has 7 heteroatoms. The van der Waals surface area contributed by atoms with Crippen molar-refractivity contribution in [1.29, 1.82) is 0 Å². The monoisotopic (exact) mass is 300 g/mol. The molecule has 0 spiro atoms. The van der Waals surface area contributed by atoms with Gasteiger partial charge in [-0.15, -0.1) is 11.3 Å². The van der Waals surface area contributed by atoms with E-state index in [1.165, 1.54) is 28.3 Å². The van der Waals surface area contributed by atoms with Crippen LogP contribution in [0, 0.1) is 0 Å². The Morgan fingerprint density at radius 3 is 2.86 bits per heavy atom. The standard InChI is InChI=1S/C14H12N4O2S/c15-11-5-8(12(16)19)1-2-9(11)6-18-7-17-13-10(14(18)20)3-4-21-13/h1-5,7H,6,15H2,(H2,16,19). The average Bonchev–Trinajstić information content (AvgIpc) is 2.93. The normalized spacial score (nSPS) is 10.9. The Hall–Kier alpha value is -2.67. The number of amides is 1. The predicted octanol–water partition coefficient (Wildman–Crippen LogP) is 1.19. The highest BCUT2D eigenvalue weighted by Gasteiger charge is 2.09. The number of nitrogen functional groups attached to an aromatic ring is 1. The zero-order chi connectivity index (χ0) is 15.0. The van der Waals surface area contributed by atoms with E-state index in [4.69, 9.17) is 11.5 Å². The van der Waals surface area contributed by atoms with Crippen molar-refractivity contribution in [3.63, 3.8) is 0 Å². The van der Waals surface area contributed by atoms with Crippen LogP contribution in [0.2, 0.25) is 0 Å². The van der Waals surface area contributed by atoms with Crippen molar-refractivity contribution in [1.82, 2.24) is 9.55 Å². The Bertz CT molecular complexity index is 897. The number of nitrogens with zero attached hydrogens (tertiary/aromatic N) is 2. The lowest BCUT2D eigenvalue weighted by atomic mass is 10.1. The molecule has 1 amide bonds. The molecule has 0 atom stereocenters. The van der Waals surface area contributed by atoms with Crippen molar-refractivity contribution in [2.45, 2.75) is 6.54 Å². The number of thiophene rings is 1. The van der Waals surface area contributed by atoms with Gasteiger partial charge in [0.25, 0.3) is 5.56 Å². The summed E-state index contributed by atoms with van der Waals surface area (Å²) in [6.07, 6.45) is 1.50. The van der Waals surface area contributed by atoms with Gasteiger partial charge in [0.05, 0.1) is 18.3 Å². The van der Waals surface area contributed by atoms with E-state index >= 15 is 0 Å². The number of hydrogen-bond donors (Lipinski definition) is 2. The van der Waals surface area contributed by atoms with E-state index in [-0.39, 0.29) is 5.56 Å². The molecule has 2 aromatic heterocycles. The van der Waals surface area contributed by atoms with E-state index in [0.29, 0.717) is 28.0 Å². The third-order valence-corrected chi connectivity index (χ3v) is 4.04. The number of aromatic nitrogens is 2. The molecule has 0 bridgehead atoms. The summed E-state index contributed by atoms with van der Waals surface area (Å²) in [6, 6.07) is 6.56. The Labute approximate surface area is 123 Å². The number of primary amides is 1. The van der Waals surface area contributed by atoms with Gasteiger partial charge < -0.3 is 11.5 Å². The minimum absolute atomic E-state index is 0.111. The van der Waals surface area contributed by atoms with Crippen molar-refractivity contribution in [2.24, 2.45) is 5.73 Å². The molecule has 3 rings (SSSR count). The Morgan fingerprint density at radius 1 is 1.33 bits per heavy atom. The van der Waals surface area contributed by atoms with Gasteiger partial charge in [-0.3, -0.25) is 14.2 Å². The van der Waals surface area contributed by atoms with Crippen LogP contribution in [0.1, 0.15) is 15.9 Å². The van der Waals surface area contributed by atoms with Crippen molar-refractivity contribution >= 4 is 33.1 Å². The van der Waals surface area contributed by atoms with Crippen LogP contribution in [0.4, 0.5) is 5.69 Å². The first-order chi connectivity index (χ1) is 10.1. The molecular weight excluding hydrogens is 288 g/mol. The fraction of sp³-hybridized carbons (Fsp3) is 0.0714. The molecule has 0 unspecified atom stereocenters. The summed E-state index contributed by atoms with van der Waals surface area (Å²) in [5, 5.41) is 2.43. The summed E-state index contributed by atoms with van der Waals surface area (Å²) in [5.74, 6) is -0.535. The molecule has 4 N–H and O–H groups in total. The average molecular weight is 300 g/mol. The molecule has 0 aliphatic carbocycles. The third kappa shape index (κ3) is 2.38. The summed E-state index contributed by atoms with van der Waals surface area (Å²) in [4.78, 5) is 28.3. The van der Waals surface area contributed by atoms with Gasteiger partial charge in [0, 0.05) is 11.3 Å². The summed E-state index contributed by atoms with van der Waals surface area (Å²) in [7, 11) is 0. The fourth-order valence-electron chi connectivity index (χ4n) is 2.08. The molecule has 21 heavy (non-hydrogen) atoms. The quantitative estimate of drug-likeness (QED) is 0.709. The second-order valence-electron chi connectivity index (χ2n) is 4.59. The van der Waals surface area contributed by atoms with Crippen LogP contribution >= 0.6 is 11.3 Å². The first-order valence-corrected chi connectivity index (χ1v) is 7.05. The smallest absolute Gasteiger partial charge is 0.262 e. The maximum absolute atomic E-state index is 12.3. The Kier molecular flexibility index (Phi) is 3.19. The molecule has 2 heterocycles. The van der Waals surface area contributed by atoms with Crippen LogP contribution in [0.5, 0.6) is 0 Å². The first-order valence-electron chi connectivity index (χ1n) is 6.17. The minimum atomic E-state index is -0.535. The van der Waals surface area contributed by atoms with E-state index in [0.717, 1.165) is 5.56 Å². The summed E-state index contributed by atoms with van der Waals surface area (Å²) in [6.45, 7) is 0.294. The van der Waals surface area contributed by atoms with E-state index in [1.807, 2.05) is 5.38 Å². The van der Waals surface area contributed by atoms with Gasteiger partial charge >= 0.3 is 0 Å². The van der Waals surface area contributed by atoms with Crippen LogP contribution in [-0.4, -0.2) is 15.5 Å². The van der Waals surface area contributed by atoms with E-state index in [2.05, 4.69) is 4.98 Å². The lowest BCUT2D eigenvalue weighted by molar-refractivity contribution is 0.100. The van der Waals surface area contributed by atoms with Gasteiger partial charge in [-0.05, 0) is 29.1 Å². The molecular formula is C14H12N4O2S. The SMILES string of the molecule is NC(=O)c1ccc(Cn2cnc3sccc3c2=O)c(N)c1. The number of fused-ring (bicyclic) bond motifs is 1. The number of hydrogen-bond acceptors (Lipinski definition) is 5. The van der Waals surface area contributed by atoms with Crippen LogP contribution in [-0.2, 0) is 6.54 Å². The van der Waals surface area contributed by atoms with Gasteiger partial charge in [0.1, 0.15) is 4.83 Å². The number of nitrogens with two attached hydrogens (primary N) is 2. The van der Waals surface area contributed by atoms with Crippen molar-refractivity contribution < 1.29 is 4.79 Å². The largest absolute Gasteiger partial charge is 0.398 e. The molecule has 0 saturated carbocycles. The zero-order valence-electron chi connectivity index (χ0n) is 10.9. The van der Waals surface area contributed by atoms with Gasteiger partial charge in [0.2, 0.25) is 5.91 Å². The van der Waals surface area contributed by atoms with Crippen LogP contribution < -0.4 is 17.0 Å². The second kappa shape index (κ2) is 5.02. The van der Waals surface area contributed by atoms with Gasteiger partial charge in [-0.2, -0.15) is 0 Å². The fourth-order valence-corrected chi connectivity index (χ4v) is 2.80. The first kappa shape index (κ1) is 13.3. The van der Waals surface area contributed by atoms with Crippen LogP contribution in [0.25, 0.3) is 10.2 Å². The summed E-state index contributed by atoms with van der Waals surface area (Å²) in [5.41, 5.74) is 12.5. The van der Waals surface area contributed by atoms with E-state index < -0.39 is 5.91 Å². The number of carbonyl (C=O) groups is 1. The maximum atomic E-state index is 12.3. The van der Waals surface area contributed by atoms with E-state index in [9.17, 15) is 9.59 Å². The predicted molar refractivity (Wildman–Crippen MR) is 82.4 cm³/mol.